The number of rotatable bonds is 5. The Morgan fingerprint density at radius 1 is 1.53 bits per heavy atom. The summed E-state index contributed by atoms with van der Waals surface area (Å²) in [5, 5.41) is 19.4. The summed E-state index contributed by atoms with van der Waals surface area (Å²) < 4.78 is 0. The molecule has 0 aromatic carbocycles. The number of nitrogens with one attached hydrogen (secondary N) is 1. The molecule has 0 atom stereocenters. The molecule has 6 nitrogen and oxygen atoms in total. The number of aliphatic carboxylic acids is 1. The van der Waals surface area contributed by atoms with Crippen LogP contribution in [0.3, 0.4) is 0 Å². The minimum atomic E-state index is -0.809. The van der Waals surface area contributed by atoms with Gasteiger partial charge in [0.15, 0.2) is 0 Å². The Balaban J connectivity index is 2.09. The van der Waals surface area contributed by atoms with Gasteiger partial charge in [-0.25, -0.2) is 0 Å². The Morgan fingerprint density at radius 2 is 2.20 bits per heavy atom. The van der Waals surface area contributed by atoms with Gasteiger partial charge in [-0.2, -0.15) is 5.26 Å². The molecule has 1 aliphatic heterocycles. The summed E-state index contributed by atoms with van der Waals surface area (Å²) in [6.45, 7) is 1.43. The summed E-state index contributed by atoms with van der Waals surface area (Å²) >= 11 is 0. The summed E-state index contributed by atoms with van der Waals surface area (Å²) in [6.07, 6.45) is 0.295. The minimum absolute atomic E-state index is 0.158. The van der Waals surface area contributed by atoms with Crippen LogP contribution in [0.4, 0.5) is 0 Å². The van der Waals surface area contributed by atoms with Crippen LogP contribution in [0.25, 0.3) is 0 Å². The summed E-state index contributed by atoms with van der Waals surface area (Å²) in [4.78, 5) is 23.4. The summed E-state index contributed by atoms with van der Waals surface area (Å²) in [5.74, 6) is -1.30. The Hall–Kier alpha value is -1.61. The molecule has 1 amide bonds. The number of hydrogen-bond donors (Lipinski definition) is 2. The van der Waals surface area contributed by atoms with E-state index in [-0.39, 0.29) is 18.4 Å². The van der Waals surface area contributed by atoms with Crippen molar-refractivity contribution in [2.24, 2.45) is 5.92 Å². The molecule has 0 aliphatic carbocycles. The van der Waals surface area contributed by atoms with Crippen molar-refractivity contribution < 1.29 is 14.7 Å². The first-order valence-electron chi connectivity index (χ1n) is 4.72. The number of likely N-dealkylation sites (tertiary alicyclic amines) is 1. The molecule has 1 heterocycles. The monoisotopic (exact) mass is 211 g/mol. The minimum Gasteiger partial charge on any atom is -0.481 e. The second-order valence-electron chi connectivity index (χ2n) is 3.49. The second-order valence-corrected chi connectivity index (χ2v) is 3.49. The second kappa shape index (κ2) is 5.32. The van der Waals surface area contributed by atoms with Crippen LogP contribution in [-0.2, 0) is 9.59 Å². The highest BCUT2D eigenvalue weighted by atomic mass is 16.4. The molecular weight excluding hydrogens is 198 g/mol. The van der Waals surface area contributed by atoms with E-state index in [0.717, 1.165) is 0 Å². The van der Waals surface area contributed by atoms with Crippen molar-refractivity contribution in [1.82, 2.24) is 10.2 Å². The molecular formula is C9H13N3O3. The highest BCUT2D eigenvalue weighted by molar-refractivity contribution is 5.78. The van der Waals surface area contributed by atoms with Gasteiger partial charge in [0.2, 0.25) is 5.91 Å². The van der Waals surface area contributed by atoms with Gasteiger partial charge in [0.05, 0.1) is 25.0 Å². The van der Waals surface area contributed by atoms with Crippen molar-refractivity contribution in [3.05, 3.63) is 0 Å². The molecule has 1 rings (SSSR count). The van der Waals surface area contributed by atoms with Crippen molar-refractivity contribution in [3.8, 4) is 6.07 Å². The molecule has 15 heavy (non-hydrogen) atoms. The first-order valence-corrected chi connectivity index (χ1v) is 4.72. The van der Waals surface area contributed by atoms with Crippen molar-refractivity contribution >= 4 is 11.9 Å². The molecule has 1 fully saturated rings. The van der Waals surface area contributed by atoms with E-state index in [1.165, 1.54) is 0 Å². The zero-order valence-corrected chi connectivity index (χ0v) is 8.27. The number of nitriles is 1. The lowest BCUT2D eigenvalue weighted by atomic mass is 10.0. The number of hydrogen-bond acceptors (Lipinski definition) is 4. The van der Waals surface area contributed by atoms with Crippen LogP contribution in [0.5, 0.6) is 0 Å². The normalized spacial score (nSPS) is 16.5. The maximum absolute atomic E-state index is 11.2. The first kappa shape index (κ1) is 11.5. The van der Waals surface area contributed by atoms with Crippen LogP contribution in [-0.4, -0.2) is 48.1 Å². The highest BCUT2D eigenvalue weighted by Crippen LogP contribution is 2.14. The summed E-state index contributed by atoms with van der Waals surface area (Å²) in [6, 6.07) is 1.92. The molecule has 2 N–H and O–H groups in total. The Labute approximate surface area is 87.5 Å². The van der Waals surface area contributed by atoms with E-state index in [4.69, 9.17) is 10.4 Å². The lowest BCUT2D eigenvalue weighted by Gasteiger charge is -2.35. The molecule has 0 radical (unpaired) electrons. The summed E-state index contributed by atoms with van der Waals surface area (Å²) in [5.41, 5.74) is 0. The van der Waals surface area contributed by atoms with E-state index in [1.807, 2.05) is 6.07 Å². The maximum atomic E-state index is 11.2. The summed E-state index contributed by atoms with van der Waals surface area (Å²) in [7, 11) is 0. The Morgan fingerprint density at radius 3 is 2.73 bits per heavy atom. The van der Waals surface area contributed by atoms with Gasteiger partial charge in [0.25, 0.3) is 0 Å². The van der Waals surface area contributed by atoms with Crippen molar-refractivity contribution in [3.63, 3.8) is 0 Å². The highest BCUT2D eigenvalue weighted by Gasteiger charge is 2.33. The number of amides is 1. The van der Waals surface area contributed by atoms with E-state index >= 15 is 0 Å². The van der Waals surface area contributed by atoms with E-state index in [0.29, 0.717) is 26.1 Å². The predicted molar refractivity (Wildman–Crippen MR) is 50.8 cm³/mol. The van der Waals surface area contributed by atoms with Gasteiger partial charge in [0.1, 0.15) is 0 Å². The molecule has 1 saturated heterocycles. The largest absolute Gasteiger partial charge is 0.481 e. The lowest BCUT2D eigenvalue weighted by molar-refractivity contribution is -0.148. The van der Waals surface area contributed by atoms with Crippen LogP contribution >= 0.6 is 0 Å². The molecule has 0 spiro atoms. The fraction of sp³-hybridized carbons (Fsp3) is 0.667. The van der Waals surface area contributed by atoms with Gasteiger partial charge in [-0.1, -0.05) is 0 Å². The van der Waals surface area contributed by atoms with Crippen molar-refractivity contribution in [1.29, 1.82) is 5.26 Å². The van der Waals surface area contributed by atoms with E-state index in [2.05, 4.69) is 5.32 Å². The van der Waals surface area contributed by atoms with Crippen LogP contribution < -0.4 is 5.32 Å². The van der Waals surface area contributed by atoms with Crippen LogP contribution in [0, 0.1) is 17.2 Å². The van der Waals surface area contributed by atoms with Gasteiger partial charge < -0.3 is 10.4 Å². The van der Waals surface area contributed by atoms with Crippen molar-refractivity contribution in [2.45, 2.75) is 6.42 Å². The topological polar surface area (TPSA) is 93.4 Å². The van der Waals surface area contributed by atoms with Gasteiger partial charge >= 0.3 is 5.97 Å². The number of carbonyl (C=O) groups excluding carboxylic acids is 1. The van der Waals surface area contributed by atoms with Gasteiger partial charge in [-0.05, 0) is 0 Å². The molecule has 82 valence electrons. The van der Waals surface area contributed by atoms with Gasteiger partial charge in [-0.15, -0.1) is 0 Å². The lowest BCUT2D eigenvalue weighted by Crippen LogP contribution is -2.53. The van der Waals surface area contributed by atoms with Crippen LogP contribution in [0.1, 0.15) is 6.42 Å². The zero-order valence-electron chi connectivity index (χ0n) is 8.27. The first-order chi connectivity index (χ1) is 7.13. The fourth-order valence-electron chi connectivity index (χ4n) is 1.37. The van der Waals surface area contributed by atoms with Crippen LogP contribution in [0.15, 0.2) is 0 Å². The molecule has 0 bridgehead atoms. The third-order valence-corrected chi connectivity index (χ3v) is 2.23. The quantitative estimate of drug-likeness (QED) is 0.571. The third kappa shape index (κ3) is 3.56. The van der Waals surface area contributed by atoms with Gasteiger partial charge in [-0.3, -0.25) is 14.5 Å². The SMILES string of the molecule is N#CCCNC(=O)CN1CC(C(=O)O)C1. The fourth-order valence-corrected chi connectivity index (χ4v) is 1.37. The molecule has 0 unspecified atom stereocenters. The molecule has 0 aromatic rings. The van der Waals surface area contributed by atoms with E-state index < -0.39 is 5.97 Å². The predicted octanol–water partition coefficient (Wildman–Crippen LogP) is -0.967. The molecule has 0 saturated carbocycles. The number of carbonyl (C=O) groups is 2. The average Bonchev–Trinajstić information content (AvgIpc) is 2.10. The molecule has 1 aliphatic rings. The Bertz CT molecular complexity index is 291. The van der Waals surface area contributed by atoms with E-state index in [9.17, 15) is 9.59 Å². The van der Waals surface area contributed by atoms with E-state index in [1.54, 1.807) is 4.90 Å². The standard InChI is InChI=1S/C9H13N3O3/c10-2-1-3-11-8(13)6-12-4-7(5-12)9(14)15/h7H,1,3-6H2,(H,11,13)(H,14,15). The van der Waals surface area contributed by atoms with Crippen LogP contribution in [0.2, 0.25) is 0 Å². The van der Waals surface area contributed by atoms with Crippen molar-refractivity contribution in [2.75, 3.05) is 26.2 Å². The Kier molecular flexibility index (Phi) is 4.06. The maximum Gasteiger partial charge on any atom is 0.309 e. The van der Waals surface area contributed by atoms with Gasteiger partial charge in [0, 0.05) is 19.6 Å². The smallest absolute Gasteiger partial charge is 0.309 e. The average molecular weight is 211 g/mol. The third-order valence-electron chi connectivity index (χ3n) is 2.23. The molecule has 6 heteroatoms. The number of carboxylic acids is 1. The molecule has 0 aromatic heterocycles. The number of carboxylic acid groups (broad SMARTS) is 1. The zero-order chi connectivity index (χ0) is 11.3. The number of nitrogens with zero attached hydrogens (tertiary/aromatic N) is 2.